The first-order valence-corrected chi connectivity index (χ1v) is 10.1. The maximum atomic E-state index is 4.69. The number of nitrogens with one attached hydrogen (secondary N) is 1. The van der Waals surface area contributed by atoms with Crippen LogP contribution in [0.3, 0.4) is 0 Å². The first-order valence-electron chi connectivity index (χ1n) is 10.1. The van der Waals surface area contributed by atoms with Crippen molar-refractivity contribution < 1.29 is 0 Å². The number of nitrogens with zero attached hydrogens (tertiary/aromatic N) is 6. The van der Waals surface area contributed by atoms with E-state index >= 15 is 0 Å². The molecule has 4 heterocycles. The molecule has 29 heavy (non-hydrogen) atoms. The Morgan fingerprint density at radius 1 is 0.931 bits per heavy atom. The summed E-state index contributed by atoms with van der Waals surface area (Å²) in [7, 11) is 0. The molecule has 1 aliphatic heterocycles. The smallest absolute Gasteiger partial charge is 0.133 e. The highest BCUT2D eigenvalue weighted by Crippen LogP contribution is 2.24. The Balaban J connectivity index is 1.44. The van der Waals surface area contributed by atoms with E-state index in [0.717, 1.165) is 49.2 Å². The van der Waals surface area contributed by atoms with Gasteiger partial charge in [-0.2, -0.15) is 0 Å². The zero-order chi connectivity index (χ0) is 20.1. The number of piperazine rings is 1. The van der Waals surface area contributed by atoms with Crippen molar-refractivity contribution in [1.82, 2.24) is 19.9 Å². The normalized spacial score (nSPS) is 14.3. The molecule has 0 saturated carbocycles. The summed E-state index contributed by atoms with van der Waals surface area (Å²) in [6.07, 6.45) is 7.20. The Morgan fingerprint density at radius 2 is 1.72 bits per heavy atom. The van der Waals surface area contributed by atoms with Gasteiger partial charge in [-0.25, -0.2) is 19.9 Å². The topological polar surface area (TPSA) is 70.1 Å². The second-order valence-corrected chi connectivity index (χ2v) is 7.48. The molecule has 150 valence electrons. The standard InChI is InChI=1S/C22H27N7/c1-17(2)19-15-23-16-27-21(19)26-14-18-6-5-9-25-22(18)29-12-10-28(11-13-29)20-7-3-4-8-24-20/h3-9,15-17H,10-14H2,1-2H3,(H,23,26,27). The van der Waals surface area contributed by atoms with Crippen molar-refractivity contribution in [1.29, 1.82) is 0 Å². The molecule has 0 bridgehead atoms. The van der Waals surface area contributed by atoms with Gasteiger partial charge in [-0.15, -0.1) is 0 Å². The lowest BCUT2D eigenvalue weighted by molar-refractivity contribution is 0.639. The zero-order valence-electron chi connectivity index (χ0n) is 17.0. The first kappa shape index (κ1) is 19.1. The van der Waals surface area contributed by atoms with Gasteiger partial charge in [0.05, 0.1) is 0 Å². The van der Waals surface area contributed by atoms with Crippen molar-refractivity contribution in [2.75, 3.05) is 41.3 Å². The van der Waals surface area contributed by atoms with Crippen LogP contribution in [-0.2, 0) is 6.54 Å². The fourth-order valence-electron chi connectivity index (χ4n) is 3.63. The predicted octanol–water partition coefficient (Wildman–Crippen LogP) is 3.33. The van der Waals surface area contributed by atoms with Crippen molar-refractivity contribution in [2.24, 2.45) is 0 Å². The molecule has 1 N–H and O–H groups in total. The lowest BCUT2D eigenvalue weighted by Crippen LogP contribution is -2.47. The minimum absolute atomic E-state index is 0.367. The second-order valence-electron chi connectivity index (χ2n) is 7.48. The number of anilines is 3. The van der Waals surface area contributed by atoms with Gasteiger partial charge in [0.2, 0.25) is 0 Å². The number of hydrogen-bond acceptors (Lipinski definition) is 7. The Bertz CT molecular complexity index is 921. The Morgan fingerprint density at radius 3 is 2.48 bits per heavy atom. The third kappa shape index (κ3) is 4.45. The van der Waals surface area contributed by atoms with Crippen LogP contribution < -0.4 is 15.1 Å². The highest BCUT2D eigenvalue weighted by atomic mass is 15.3. The average Bonchev–Trinajstić information content (AvgIpc) is 2.79. The van der Waals surface area contributed by atoms with E-state index in [2.05, 4.69) is 61.0 Å². The third-order valence-electron chi connectivity index (χ3n) is 5.23. The van der Waals surface area contributed by atoms with Gasteiger partial charge in [0, 0.05) is 62.4 Å². The zero-order valence-corrected chi connectivity index (χ0v) is 17.0. The van der Waals surface area contributed by atoms with E-state index in [1.807, 2.05) is 36.8 Å². The van der Waals surface area contributed by atoms with Crippen LogP contribution in [0.4, 0.5) is 17.5 Å². The van der Waals surface area contributed by atoms with Crippen molar-refractivity contribution in [2.45, 2.75) is 26.3 Å². The second kappa shape index (κ2) is 8.86. The van der Waals surface area contributed by atoms with Crippen molar-refractivity contribution >= 4 is 17.5 Å². The number of pyridine rings is 2. The minimum Gasteiger partial charge on any atom is -0.366 e. The van der Waals surface area contributed by atoms with Crippen LogP contribution in [0.25, 0.3) is 0 Å². The summed E-state index contributed by atoms with van der Waals surface area (Å²) >= 11 is 0. The van der Waals surface area contributed by atoms with Gasteiger partial charge >= 0.3 is 0 Å². The van der Waals surface area contributed by atoms with Gasteiger partial charge in [0.15, 0.2) is 0 Å². The monoisotopic (exact) mass is 389 g/mol. The Kier molecular flexibility index (Phi) is 5.84. The molecule has 0 aromatic carbocycles. The molecule has 0 atom stereocenters. The van der Waals surface area contributed by atoms with E-state index in [9.17, 15) is 0 Å². The molecule has 0 amide bonds. The number of hydrogen-bond donors (Lipinski definition) is 1. The van der Waals surface area contributed by atoms with Crippen LogP contribution in [0.15, 0.2) is 55.2 Å². The van der Waals surface area contributed by atoms with E-state index in [4.69, 9.17) is 0 Å². The summed E-state index contributed by atoms with van der Waals surface area (Å²) < 4.78 is 0. The van der Waals surface area contributed by atoms with E-state index < -0.39 is 0 Å². The third-order valence-corrected chi connectivity index (χ3v) is 5.23. The Labute approximate surface area is 171 Å². The maximum Gasteiger partial charge on any atom is 0.133 e. The molecular weight excluding hydrogens is 362 g/mol. The largest absolute Gasteiger partial charge is 0.366 e. The predicted molar refractivity (Wildman–Crippen MR) is 116 cm³/mol. The van der Waals surface area contributed by atoms with E-state index in [-0.39, 0.29) is 0 Å². The molecule has 3 aromatic rings. The van der Waals surface area contributed by atoms with Crippen LogP contribution >= 0.6 is 0 Å². The molecule has 1 fully saturated rings. The summed E-state index contributed by atoms with van der Waals surface area (Å²) in [6, 6.07) is 10.2. The van der Waals surface area contributed by atoms with Crippen LogP contribution in [0.2, 0.25) is 0 Å². The molecule has 0 aliphatic carbocycles. The summed E-state index contributed by atoms with van der Waals surface area (Å²) in [6.45, 7) is 8.70. The van der Waals surface area contributed by atoms with Gasteiger partial charge in [0.1, 0.15) is 23.8 Å². The summed E-state index contributed by atoms with van der Waals surface area (Å²) in [4.78, 5) is 22.4. The maximum absolute atomic E-state index is 4.69. The number of aromatic nitrogens is 4. The fraction of sp³-hybridized carbons (Fsp3) is 0.364. The molecule has 7 heteroatoms. The van der Waals surface area contributed by atoms with Gasteiger partial charge in [0.25, 0.3) is 0 Å². The SMILES string of the molecule is CC(C)c1cncnc1NCc1cccnc1N1CCN(c2ccccn2)CC1. The van der Waals surface area contributed by atoms with Crippen LogP contribution in [0, 0.1) is 0 Å². The lowest BCUT2D eigenvalue weighted by Gasteiger charge is -2.36. The minimum atomic E-state index is 0.367. The van der Waals surface area contributed by atoms with E-state index in [0.29, 0.717) is 12.5 Å². The molecule has 1 aliphatic rings. The molecule has 0 spiro atoms. The highest BCUT2D eigenvalue weighted by Gasteiger charge is 2.21. The summed E-state index contributed by atoms with van der Waals surface area (Å²) in [5, 5.41) is 3.49. The molecule has 0 radical (unpaired) electrons. The molecule has 4 rings (SSSR count). The van der Waals surface area contributed by atoms with Crippen LogP contribution in [-0.4, -0.2) is 46.1 Å². The molecule has 7 nitrogen and oxygen atoms in total. The summed E-state index contributed by atoms with van der Waals surface area (Å²) in [5.74, 6) is 3.34. The van der Waals surface area contributed by atoms with Crippen molar-refractivity contribution in [3.8, 4) is 0 Å². The summed E-state index contributed by atoms with van der Waals surface area (Å²) in [5.41, 5.74) is 2.30. The highest BCUT2D eigenvalue weighted by molar-refractivity contribution is 5.52. The van der Waals surface area contributed by atoms with Gasteiger partial charge < -0.3 is 15.1 Å². The average molecular weight is 390 g/mol. The molecule has 3 aromatic heterocycles. The quantitative estimate of drug-likeness (QED) is 0.693. The van der Waals surface area contributed by atoms with Crippen molar-refractivity contribution in [3.63, 3.8) is 0 Å². The first-order chi connectivity index (χ1) is 14.2. The van der Waals surface area contributed by atoms with Gasteiger partial charge in [-0.05, 0) is 24.1 Å². The van der Waals surface area contributed by atoms with Gasteiger partial charge in [-0.1, -0.05) is 26.0 Å². The molecular formula is C22H27N7. The van der Waals surface area contributed by atoms with E-state index in [1.54, 1.807) is 6.33 Å². The molecule has 1 saturated heterocycles. The number of rotatable bonds is 6. The van der Waals surface area contributed by atoms with Gasteiger partial charge in [-0.3, -0.25) is 0 Å². The fourth-order valence-corrected chi connectivity index (χ4v) is 3.63. The van der Waals surface area contributed by atoms with Crippen molar-refractivity contribution in [3.05, 3.63) is 66.4 Å². The van der Waals surface area contributed by atoms with Crippen LogP contribution in [0.1, 0.15) is 30.9 Å². The Hall–Kier alpha value is -3.22. The lowest BCUT2D eigenvalue weighted by atomic mass is 10.1. The molecule has 0 unspecified atom stereocenters. The van der Waals surface area contributed by atoms with E-state index in [1.165, 1.54) is 5.56 Å². The van der Waals surface area contributed by atoms with Crippen LogP contribution in [0.5, 0.6) is 0 Å².